The largest absolute Gasteiger partial charge is 0.483 e. The molecular weight excluding hydrogens is 496 g/mol. The average molecular weight is 518 g/mol. The number of halogens is 2. The Kier molecular flexibility index (Phi) is 7.34. The maximum absolute atomic E-state index is 12.1. The molecule has 150 valence electrons. The van der Waals surface area contributed by atoms with Gasteiger partial charge in [0, 0.05) is 22.4 Å². The van der Waals surface area contributed by atoms with E-state index in [1.54, 1.807) is 0 Å². The molecule has 0 aliphatic rings. The van der Waals surface area contributed by atoms with Gasteiger partial charge in [-0.2, -0.15) is 0 Å². The highest BCUT2D eigenvalue weighted by Crippen LogP contribution is 2.27. The van der Waals surface area contributed by atoms with E-state index in [0.717, 1.165) is 31.4 Å². The molecule has 1 amide bonds. The summed E-state index contributed by atoms with van der Waals surface area (Å²) in [6.45, 7) is 4.69. The van der Waals surface area contributed by atoms with Crippen molar-refractivity contribution in [1.29, 1.82) is 0 Å². The third kappa shape index (κ3) is 6.34. The minimum atomic E-state index is -0.195. The molecule has 0 radical (unpaired) electrons. The second-order valence-electron chi connectivity index (χ2n) is 6.78. The smallest absolute Gasteiger partial charge is 0.262 e. The van der Waals surface area contributed by atoms with Crippen molar-refractivity contribution in [3.05, 3.63) is 86.3 Å². The van der Waals surface area contributed by atoms with Crippen molar-refractivity contribution < 1.29 is 9.53 Å². The van der Waals surface area contributed by atoms with Crippen molar-refractivity contribution >= 4 is 49.1 Å². The van der Waals surface area contributed by atoms with Crippen molar-refractivity contribution in [3.63, 3.8) is 0 Å². The zero-order valence-corrected chi connectivity index (χ0v) is 19.4. The second kappa shape index (κ2) is 9.94. The zero-order valence-electron chi connectivity index (χ0n) is 16.3. The van der Waals surface area contributed by atoms with Gasteiger partial charge < -0.3 is 15.4 Å². The Morgan fingerprint density at radius 3 is 2.55 bits per heavy atom. The average Bonchev–Trinajstić information content (AvgIpc) is 2.66. The molecule has 0 spiro atoms. The standard InChI is InChI=1S/C23H22Br2N2O2/c1-15-4-3-5-19(10-15)27-23(28)14-29-22-9-6-17(12-20(22)25)13-26-21-8-7-18(24)11-16(21)2/h3-12,26H,13-14H2,1-2H3,(H,27,28). The minimum Gasteiger partial charge on any atom is -0.483 e. The number of carbonyl (C=O) groups is 1. The Morgan fingerprint density at radius 1 is 1.00 bits per heavy atom. The summed E-state index contributed by atoms with van der Waals surface area (Å²) < 4.78 is 7.55. The fraction of sp³-hybridized carbons (Fsp3) is 0.174. The first kappa shape index (κ1) is 21.4. The molecule has 0 atom stereocenters. The fourth-order valence-electron chi connectivity index (χ4n) is 2.86. The Balaban J connectivity index is 1.54. The van der Waals surface area contributed by atoms with E-state index in [0.29, 0.717) is 12.3 Å². The van der Waals surface area contributed by atoms with Crippen molar-refractivity contribution in [2.24, 2.45) is 0 Å². The van der Waals surface area contributed by atoms with Gasteiger partial charge in [0.15, 0.2) is 6.61 Å². The molecule has 29 heavy (non-hydrogen) atoms. The maximum atomic E-state index is 12.1. The summed E-state index contributed by atoms with van der Waals surface area (Å²) in [6, 6.07) is 19.7. The Morgan fingerprint density at radius 2 is 1.83 bits per heavy atom. The van der Waals surface area contributed by atoms with E-state index < -0.39 is 0 Å². The highest BCUT2D eigenvalue weighted by atomic mass is 79.9. The summed E-state index contributed by atoms with van der Waals surface area (Å²) in [5.74, 6) is 0.437. The van der Waals surface area contributed by atoms with Crippen molar-refractivity contribution in [1.82, 2.24) is 0 Å². The van der Waals surface area contributed by atoms with Gasteiger partial charge in [0.2, 0.25) is 0 Å². The van der Waals surface area contributed by atoms with E-state index in [-0.39, 0.29) is 12.5 Å². The summed E-state index contributed by atoms with van der Waals surface area (Å²) in [4.78, 5) is 12.1. The maximum Gasteiger partial charge on any atom is 0.262 e. The van der Waals surface area contributed by atoms with Crippen LogP contribution in [-0.4, -0.2) is 12.5 Å². The number of benzene rings is 3. The van der Waals surface area contributed by atoms with E-state index in [9.17, 15) is 4.79 Å². The summed E-state index contributed by atoms with van der Waals surface area (Å²) in [6.07, 6.45) is 0. The summed E-state index contributed by atoms with van der Waals surface area (Å²) in [5.41, 5.74) is 5.24. The number of nitrogens with one attached hydrogen (secondary N) is 2. The van der Waals surface area contributed by atoms with Gasteiger partial charge in [-0.25, -0.2) is 0 Å². The van der Waals surface area contributed by atoms with Gasteiger partial charge in [0.25, 0.3) is 5.91 Å². The lowest BCUT2D eigenvalue weighted by atomic mass is 10.1. The SMILES string of the molecule is Cc1cccc(NC(=O)COc2ccc(CNc3ccc(Br)cc3C)cc2Br)c1. The molecule has 0 aromatic heterocycles. The second-order valence-corrected chi connectivity index (χ2v) is 8.55. The Hall–Kier alpha value is -2.31. The van der Waals surface area contributed by atoms with E-state index in [1.165, 1.54) is 5.56 Å². The Bertz CT molecular complexity index is 1020. The Labute approximate surface area is 187 Å². The van der Waals surface area contributed by atoms with Crippen LogP contribution < -0.4 is 15.4 Å². The lowest BCUT2D eigenvalue weighted by Crippen LogP contribution is -2.20. The van der Waals surface area contributed by atoms with Crippen LogP contribution in [0.5, 0.6) is 5.75 Å². The first-order chi connectivity index (χ1) is 13.9. The number of hydrogen-bond donors (Lipinski definition) is 2. The van der Waals surface area contributed by atoms with Crippen molar-refractivity contribution in [2.75, 3.05) is 17.2 Å². The van der Waals surface area contributed by atoms with Crippen LogP contribution in [0.15, 0.2) is 69.6 Å². The van der Waals surface area contributed by atoms with Crippen LogP contribution in [0.1, 0.15) is 16.7 Å². The minimum absolute atomic E-state index is 0.0533. The zero-order chi connectivity index (χ0) is 20.8. The third-order valence-electron chi connectivity index (χ3n) is 4.33. The third-order valence-corrected chi connectivity index (χ3v) is 5.44. The van der Waals surface area contributed by atoms with Crippen molar-refractivity contribution in [3.8, 4) is 5.75 Å². The van der Waals surface area contributed by atoms with Crippen molar-refractivity contribution in [2.45, 2.75) is 20.4 Å². The highest BCUT2D eigenvalue weighted by molar-refractivity contribution is 9.10. The summed E-state index contributed by atoms with van der Waals surface area (Å²) >= 11 is 7.01. The molecule has 0 saturated heterocycles. The molecule has 0 heterocycles. The quantitative estimate of drug-likeness (QED) is 0.378. The fourth-order valence-corrected chi connectivity index (χ4v) is 3.87. The number of carbonyl (C=O) groups excluding carboxylic acids is 1. The van der Waals surface area contributed by atoms with E-state index in [1.807, 2.05) is 55.5 Å². The molecular formula is C23H22Br2N2O2. The predicted octanol–water partition coefficient (Wildman–Crippen LogP) is 6.46. The molecule has 2 N–H and O–H groups in total. The van der Waals surface area contributed by atoms with Gasteiger partial charge in [-0.3, -0.25) is 4.79 Å². The molecule has 0 unspecified atom stereocenters. The monoisotopic (exact) mass is 516 g/mol. The number of rotatable bonds is 7. The number of amides is 1. The first-order valence-electron chi connectivity index (χ1n) is 9.18. The van der Waals surface area contributed by atoms with E-state index >= 15 is 0 Å². The van der Waals surface area contributed by atoms with Crippen LogP contribution in [0.4, 0.5) is 11.4 Å². The molecule has 0 bridgehead atoms. The van der Waals surface area contributed by atoms with Crippen LogP contribution >= 0.6 is 31.9 Å². The molecule has 0 fully saturated rings. The van der Waals surface area contributed by atoms with Crippen LogP contribution in [0.25, 0.3) is 0 Å². The molecule has 0 saturated carbocycles. The highest BCUT2D eigenvalue weighted by Gasteiger charge is 2.08. The summed E-state index contributed by atoms with van der Waals surface area (Å²) in [5, 5.41) is 6.28. The lowest BCUT2D eigenvalue weighted by molar-refractivity contribution is -0.118. The first-order valence-corrected chi connectivity index (χ1v) is 10.8. The molecule has 3 rings (SSSR count). The van der Waals surface area contributed by atoms with Gasteiger partial charge in [-0.1, -0.05) is 34.1 Å². The summed E-state index contributed by atoms with van der Waals surface area (Å²) in [7, 11) is 0. The van der Waals surface area contributed by atoms with Crippen LogP contribution in [0.2, 0.25) is 0 Å². The lowest BCUT2D eigenvalue weighted by Gasteiger charge is -2.12. The van der Waals surface area contributed by atoms with E-state index in [2.05, 4.69) is 61.5 Å². The molecule has 6 heteroatoms. The van der Waals surface area contributed by atoms with Crippen LogP contribution in [0.3, 0.4) is 0 Å². The normalized spacial score (nSPS) is 10.5. The van der Waals surface area contributed by atoms with Gasteiger partial charge >= 0.3 is 0 Å². The van der Waals surface area contributed by atoms with Crippen LogP contribution in [-0.2, 0) is 11.3 Å². The number of hydrogen-bond acceptors (Lipinski definition) is 3. The molecule has 3 aromatic carbocycles. The van der Waals surface area contributed by atoms with E-state index in [4.69, 9.17) is 4.74 Å². The molecule has 4 nitrogen and oxygen atoms in total. The molecule has 0 aliphatic heterocycles. The number of aryl methyl sites for hydroxylation is 2. The predicted molar refractivity (Wildman–Crippen MR) is 126 cm³/mol. The topological polar surface area (TPSA) is 50.4 Å². The number of ether oxygens (including phenoxy) is 1. The van der Waals surface area contributed by atoms with Crippen LogP contribution in [0, 0.1) is 13.8 Å². The van der Waals surface area contributed by atoms with Gasteiger partial charge in [0.1, 0.15) is 5.75 Å². The van der Waals surface area contributed by atoms with Gasteiger partial charge in [-0.15, -0.1) is 0 Å². The van der Waals surface area contributed by atoms with Gasteiger partial charge in [0.05, 0.1) is 4.47 Å². The molecule has 3 aromatic rings. The number of anilines is 2. The van der Waals surface area contributed by atoms with Gasteiger partial charge in [-0.05, 0) is 88.9 Å². The molecule has 0 aliphatic carbocycles.